The van der Waals surface area contributed by atoms with E-state index in [2.05, 4.69) is 41.5 Å². The van der Waals surface area contributed by atoms with E-state index in [1.165, 1.54) is 0 Å². The fourth-order valence-corrected chi connectivity index (χ4v) is 2.25. The predicted octanol–water partition coefficient (Wildman–Crippen LogP) is 1.22. The number of hydrogen-bond donors (Lipinski definition) is 3. The van der Waals surface area contributed by atoms with E-state index >= 15 is 0 Å². The molecule has 2 aromatic heterocycles. The predicted molar refractivity (Wildman–Crippen MR) is 73.5 cm³/mol. The molecule has 1 atom stereocenters. The smallest absolute Gasteiger partial charge is 0.243 e. The highest BCUT2D eigenvalue weighted by Crippen LogP contribution is 2.14. The van der Waals surface area contributed by atoms with Gasteiger partial charge in [-0.3, -0.25) is 10.1 Å². The monoisotopic (exact) mass is 321 g/mol. The number of carbonyl (C=O) groups is 1. The summed E-state index contributed by atoms with van der Waals surface area (Å²) >= 11 is 3.30. The molecule has 1 unspecified atom stereocenters. The van der Waals surface area contributed by atoms with Crippen LogP contribution in [0.1, 0.15) is 11.4 Å². The van der Waals surface area contributed by atoms with Crippen LogP contribution in [-0.4, -0.2) is 26.9 Å². The van der Waals surface area contributed by atoms with Crippen molar-refractivity contribution in [3.05, 3.63) is 40.5 Å². The highest BCUT2D eigenvalue weighted by atomic mass is 79.9. The zero-order chi connectivity index (χ0) is 13.2. The lowest BCUT2D eigenvalue weighted by molar-refractivity contribution is -0.118. The Bertz CT molecular complexity index is 594. The summed E-state index contributed by atoms with van der Waals surface area (Å²) in [5.41, 5.74) is 1.99. The zero-order valence-electron chi connectivity index (χ0n) is 9.98. The van der Waals surface area contributed by atoms with E-state index in [0.717, 1.165) is 15.9 Å². The van der Waals surface area contributed by atoms with E-state index < -0.39 is 0 Å². The number of nitrogens with zero attached hydrogens (tertiary/aromatic N) is 2. The van der Waals surface area contributed by atoms with Gasteiger partial charge in [0.1, 0.15) is 5.82 Å². The lowest BCUT2D eigenvalue weighted by Gasteiger charge is -2.21. The highest BCUT2D eigenvalue weighted by molar-refractivity contribution is 9.10. The number of imidazole rings is 1. The molecular weight excluding hydrogens is 310 g/mol. The van der Waals surface area contributed by atoms with Gasteiger partial charge < -0.3 is 10.3 Å². The number of nitrogens with one attached hydrogen (secondary N) is 3. The van der Waals surface area contributed by atoms with Crippen LogP contribution in [0, 0.1) is 0 Å². The SMILES string of the molecule is O=C(Nc1ccc(Br)cn1)C1Cc2nc[nH]c2CN1. The molecule has 0 radical (unpaired) electrons. The Morgan fingerprint density at radius 2 is 2.32 bits per heavy atom. The molecule has 3 heterocycles. The largest absolute Gasteiger partial charge is 0.347 e. The highest BCUT2D eigenvalue weighted by Gasteiger charge is 2.25. The van der Waals surface area contributed by atoms with Crippen LogP contribution < -0.4 is 10.6 Å². The first kappa shape index (κ1) is 12.3. The third-order valence-corrected chi connectivity index (χ3v) is 3.49. The fraction of sp³-hybridized carbons (Fsp3) is 0.250. The van der Waals surface area contributed by atoms with Crippen LogP contribution in [0.4, 0.5) is 5.82 Å². The second-order valence-corrected chi connectivity index (χ2v) is 5.23. The van der Waals surface area contributed by atoms with Crippen molar-refractivity contribution < 1.29 is 4.79 Å². The minimum absolute atomic E-state index is 0.0940. The molecule has 7 heteroatoms. The number of amides is 1. The Morgan fingerprint density at radius 1 is 1.42 bits per heavy atom. The number of aromatic nitrogens is 3. The van der Waals surface area contributed by atoms with Crippen molar-refractivity contribution in [2.45, 2.75) is 19.0 Å². The first-order valence-corrected chi connectivity index (χ1v) is 6.68. The van der Waals surface area contributed by atoms with Crippen molar-refractivity contribution in [2.24, 2.45) is 0 Å². The number of halogens is 1. The van der Waals surface area contributed by atoms with Gasteiger partial charge in [-0.1, -0.05) is 0 Å². The Labute approximate surface area is 118 Å². The van der Waals surface area contributed by atoms with Crippen molar-refractivity contribution in [1.82, 2.24) is 20.3 Å². The van der Waals surface area contributed by atoms with Gasteiger partial charge in [0.2, 0.25) is 5.91 Å². The Kier molecular flexibility index (Phi) is 3.31. The molecule has 6 nitrogen and oxygen atoms in total. The molecule has 3 N–H and O–H groups in total. The summed E-state index contributed by atoms with van der Waals surface area (Å²) < 4.78 is 0.877. The van der Waals surface area contributed by atoms with Gasteiger partial charge in [-0.25, -0.2) is 9.97 Å². The lowest BCUT2D eigenvalue weighted by Crippen LogP contribution is -2.44. The van der Waals surface area contributed by atoms with Gasteiger partial charge in [0.25, 0.3) is 0 Å². The first-order chi connectivity index (χ1) is 9.22. The van der Waals surface area contributed by atoms with Crippen LogP contribution in [0.3, 0.4) is 0 Å². The van der Waals surface area contributed by atoms with Crippen molar-refractivity contribution in [3.63, 3.8) is 0 Å². The van der Waals surface area contributed by atoms with Gasteiger partial charge in [0.15, 0.2) is 0 Å². The summed E-state index contributed by atoms with van der Waals surface area (Å²) in [4.78, 5) is 23.5. The standard InChI is InChI=1S/C12H12BrN5O/c13-7-1-2-11(15-4-7)18-12(19)9-3-8-10(5-14-9)17-6-16-8/h1-2,4,6,9,14H,3,5H2,(H,16,17)(H,15,18,19). The van der Waals surface area contributed by atoms with Gasteiger partial charge in [-0.15, -0.1) is 0 Å². The van der Waals surface area contributed by atoms with Crippen molar-refractivity contribution in [3.8, 4) is 0 Å². The molecule has 1 aliphatic rings. The maximum atomic E-state index is 12.1. The molecule has 2 aromatic rings. The molecule has 0 spiro atoms. The summed E-state index contributed by atoms with van der Waals surface area (Å²) in [7, 11) is 0. The fourth-order valence-electron chi connectivity index (χ4n) is 2.02. The van der Waals surface area contributed by atoms with Gasteiger partial charge in [0.05, 0.1) is 23.8 Å². The molecule has 19 heavy (non-hydrogen) atoms. The average Bonchev–Trinajstić information content (AvgIpc) is 2.88. The molecule has 1 aliphatic heterocycles. The maximum Gasteiger partial charge on any atom is 0.243 e. The van der Waals surface area contributed by atoms with Gasteiger partial charge >= 0.3 is 0 Å². The molecule has 0 aromatic carbocycles. The Morgan fingerprint density at radius 3 is 3.11 bits per heavy atom. The molecule has 0 aliphatic carbocycles. The van der Waals surface area contributed by atoms with Crippen molar-refractivity contribution >= 4 is 27.7 Å². The van der Waals surface area contributed by atoms with Crippen LogP contribution in [0.2, 0.25) is 0 Å². The molecule has 1 amide bonds. The van der Waals surface area contributed by atoms with E-state index in [9.17, 15) is 4.79 Å². The van der Waals surface area contributed by atoms with Crippen molar-refractivity contribution in [1.29, 1.82) is 0 Å². The lowest BCUT2D eigenvalue weighted by atomic mass is 10.0. The quantitative estimate of drug-likeness (QED) is 0.776. The zero-order valence-corrected chi connectivity index (χ0v) is 11.6. The van der Waals surface area contributed by atoms with Crippen LogP contribution in [0.5, 0.6) is 0 Å². The third kappa shape index (κ3) is 2.66. The van der Waals surface area contributed by atoms with Crippen LogP contribution >= 0.6 is 15.9 Å². The molecule has 0 saturated heterocycles. The second kappa shape index (κ2) is 5.10. The van der Waals surface area contributed by atoms with Gasteiger partial charge in [-0.2, -0.15) is 0 Å². The van der Waals surface area contributed by atoms with E-state index in [4.69, 9.17) is 0 Å². The Hall–Kier alpha value is -1.73. The molecule has 0 bridgehead atoms. The van der Waals surface area contributed by atoms with Gasteiger partial charge in [-0.05, 0) is 28.1 Å². The molecular formula is C12H12BrN5O. The number of rotatable bonds is 2. The number of anilines is 1. The number of hydrogen-bond acceptors (Lipinski definition) is 4. The summed E-state index contributed by atoms with van der Waals surface area (Å²) in [5.74, 6) is 0.450. The van der Waals surface area contributed by atoms with Crippen LogP contribution in [-0.2, 0) is 17.8 Å². The summed E-state index contributed by atoms with van der Waals surface area (Å²) in [5, 5.41) is 5.96. The van der Waals surface area contributed by atoms with Gasteiger partial charge in [0, 0.05) is 23.6 Å². The summed E-state index contributed by atoms with van der Waals surface area (Å²) in [6.45, 7) is 0.626. The van der Waals surface area contributed by atoms with E-state index in [-0.39, 0.29) is 11.9 Å². The van der Waals surface area contributed by atoms with Crippen LogP contribution in [0.15, 0.2) is 29.1 Å². The molecule has 0 fully saturated rings. The number of fused-ring (bicyclic) bond motifs is 1. The molecule has 3 rings (SSSR count). The van der Waals surface area contributed by atoms with Crippen molar-refractivity contribution in [2.75, 3.05) is 5.32 Å². The van der Waals surface area contributed by atoms with Crippen LogP contribution in [0.25, 0.3) is 0 Å². The molecule has 98 valence electrons. The minimum Gasteiger partial charge on any atom is -0.347 e. The van der Waals surface area contributed by atoms with E-state index in [0.29, 0.717) is 18.8 Å². The first-order valence-electron chi connectivity index (χ1n) is 5.89. The van der Waals surface area contributed by atoms with E-state index in [1.807, 2.05) is 6.07 Å². The number of carbonyl (C=O) groups excluding carboxylic acids is 1. The number of aromatic amines is 1. The van der Waals surface area contributed by atoms with E-state index in [1.54, 1.807) is 18.6 Å². The molecule has 0 saturated carbocycles. The minimum atomic E-state index is -0.277. The summed E-state index contributed by atoms with van der Waals surface area (Å²) in [6, 6.07) is 3.31. The second-order valence-electron chi connectivity index (χ2n) is 4.32. The average molecular weight is 322 g/mol. The number of H-pyrrole nitrogens is 1. The number of pyridine rings is 1. The summed E-state index contributed by atoms with van der Waals surface area (Å²) in [6.07, 6.45) is 3.89. The topological polar surface area (TPSA) is 82.7 Å². The Balaban J connectivity index is 1.67. The normalized spacial score (nSPS) is 17.8. The third-order valence-electron chi connectivity index (χ3n) is 3.03. The maximum absolute atomic E-state index is 12.1.